The van der Waals surface area contributed by atoms with Crippen LogP contribution in [0.15, 0.2) is 35.2 Å². The lowest BCUT2D eigenvalue weighted by atomic mass is 10.2. The molecule has 3 rings (SSSR count). The van der Waals surface area contributed by atoms with E-state index < -0.39 is 26.7 Å². The van der Waals surface area contributed by atoms with Crippen molar-refractivity contribution in [2.75, 3.05) is 26.2 Å². The van der Waals surface area contributed by atoms with E-state index in [1.165, 1.54) is 0 Å². The molecule has 2 heterocycles. The summed E-state index contributed by atoms with van der Waals surface area (Å²) in [6.45, 7) is 8.26. The highest BCUT2D eigenvalue weighted by atomic mass is 32.2. The minimum absolute atomic E-state index is 0.0211. The Morgan fingerprint density at radius 3 is 2.16 bits per heavy atom. The Morgan fingerprint density at radius 1 is 1.03 bits per heavy atom. The zero-order valence-electron chi connectivity index (χ0n) is 17.9. The van der Waals surface area contributed by atoms with Crippen LogP contribution in [0.25, 0.3) is 0 Å². The molecular weight excluding hydrogens is 431 g/mol. The summed E-state index contributed by atoms with van der Waals surface area (Å²) in [5, 5.41) is 0. The summed E-state index contributed by atoms with van der Waals surface area (Å²) in [7, 11) is -4.09. The fourth-order valence-electron chi connectivity index (χ4n) is 4.07. The quantitative estimate of drug-likeness (QED) is 0.701. The van der Waals surface area contributed by atoms with E-state index >= 15 is 0 Å². The summed E-state index contributed by atoms with van der Waals surface area (Å²) >= 11 is 0. The van der Waals surface area contributed by atoms with Gasteiger partial charge in [0.1, 0.15) is 0 Å². The number of benzene rings is 1. The number of rotatable bonds is 4. The first-order chi connectivity index (χ1) is 14.3. The third-order valence-electron chi connectivity index (χ3n) is 5.56. The van der Waals surface area contributed by atoms with Crippen LogP contribution < -0.4 is 0 Å². The lowest BCUT2D eigenvalue weighted by Crippen LogP contribution is -2.50. The first kappa shape index (κ1) is 23.3. The number of piperazine rings is 1. The molecule has 6 nitrogen and oxygen atoms in total. The maximum atomic E-state index is 13.0. The van der Waals surface area contributed by atoms with E-state index in [1.54, 1.807) is 4.90 Å². The highest BCUT2D eigenvalue weighted by Gasteiger charge is 2.35. The molecular formula is C21H26F3N3O3S. The summed E-state index contributed by atoms with van der Waals surface area (Å²) in [6.07, 6.45) is -4.63. The number of alkyl halides is 3. The standard InChI is InChI=1S/C21H26F3N3O3S/c1-14(2)27-15(3)12-19(16(27)4)20(28)25-8-10-26(11-9-25)31(29,30)18-7-5-6-17(13-18)21(22,23)24/h5-7,12-14H,8-11H2,1-4H3. The molecule has 0 radical (unpaired) electrons. The molecule has 0 bridgehead atoms. The molecule has 31 heavy (non-hydrogen) atoms. The van der Waals surface area contributed by atoms with Crippen molar-refractivity contribution in [2.24, 2.45) is 0 Å². The van der Waals surface area contributed by atoms with E-state index in [0.717, 1.165) is 33.9 Å². The number of amides is 1. The normalized spacial score (nSPS) is 16.2. The van der Waals surface area contributed by atoms with Gasteiger partial charge in [0.25, 0.3) is 5.91 Å². The maximum Gasteiger partial charge on any atom is 0.416 e. The minimum Gasteiger partial charge on any atom is -0.346 e. The first-order valence-electron chi connectivity index (χ1n) is 9.99. The number of nitrogens with zero attached hydrogens (tertiary/aromatic N) is 3. The summed E-state index contributed by atoms with van der Waals surface area (Å²) in [5.41, 5.74) is 1.40. The molecule has 0 N–H and O–H groups in total. The molecule has 2 aromatic rings. The zero-order valence-corrected chi connectivity index (χ0v) is 18.7. The predicted octanol–water partition coefficient (Wildman–Crippen LogP) is 3.85. The van der Waals surface area contributed by atoms with E-state index in [9.17, 15) is 26.4 Å². The van der Waals surface area contributed by atoms with Gasteiger partial charge in [-0.2, -0.15) is 17.5 Å². The van der Waals surface area contributed by atoms with Gasteiger partial charge in [0, 0.05) is 43.6 Å². The summed E-state index contributed by atoms with van der Waals surface area (Å²) in [4.78, 5) is 14.2. The molecule has 0 atom stereocenters. The zero-order chi connectivity index (χ0) is 23.1. The summed E-state index contributed by atoms with van der Waals surface area (Å²) in [6, 6.07) is 5.76. The van der Waals surface area contributed by atoms with Gasteiger partial charge in [-0.1, -0.05) is 6.07 Å². The molecule has 1 aliphatic rings. The molecule has 1 fully saturated rings. The van der Waals surface area contributed by atoms with Crippen LogP contribution in [0, 0.1) is 13.8 Å². The Morgan fingerprint density at radius 2 is 1.65 bits per heavy atom. The molecule has 1 amide bonds. The highest BCUT2D eigenvalue weighted by molar-refractivity contribution is 7.89. The van der Waals surface area contributed by atoms with Gasteiger partial charge in [-0.25, -0.2) is 8.42 Å². The van der Waals surface area contributed by atoms with Crippen LogP contribution in [0.2, 0.25) is 0 Å². The second kappa shape index (κ2) is 8.31. The monoisotopic (exact) mass is 457 g/mol. The van der Waals surface area contributed by atoms with Crippen LogP contribution in [0.3, 0.4) is 0 Å². The second-order valence-corrected chi connectivity index (χ2v) is 9.91. The van der Waals surface area contributed by atoms with Crippen molar-refractivity contribution in [1.29, 1.82) is 0 Å². The maximum absolute atomic E-state index is 13.0. The molecule has 1 aromatic carbocycles. The largest absolute Gasteiger partial charge is 0.416 e. The van der Waals surface area contributed by atoms with Gasteiger partial charge in [-0.3, -0.25) is 4.79 Å². The van der Waals surface area contributed by atoms with Crippen molar-refractivity contribution < 1.29 is 26.4 Å². The lowest BCUT2D eigenvalue weighted by Gasteiger charge is -2.34. The van der Waals surface area contributed by atoms with Gasteiger partial charge in [0.15, 0.2) is 0 Å². The molecule has 0 spiro atoms. The van der Waals surface area contributed by atoms with Crippen LogP contribution in [0.1, 0.15) is 47.2 Å². The third kappa shape index (κ3) is 4.50. The summed E-state index contributed by atoms with van der Waals surface area (Å²) < 4.78 is 67.8. The molecule has 0 unspecified atom stereocenters. The number of hydrogen-bond donors (Lipinski definition) is 0. The SMILES string of the molecule is Cc1cc(C(=O)N2CCN(S(=O)(=O)c3cccc(C(F)(F)F)c3)CC2)c(C)n1C(C)C. The molecule has 1 aromatic heterocycles. The Kier molecular flexibility index (Phi) is 6.25. The first-order valence-corrected chi connectivity index (χ1v) is 11.4. The molecule has 10 heteroatoms. The van der Waals surface area contributed by atoms with Crippen molar-refractivity contribution >= 4 is 15.9 Å². The highest BCUT2D eigenvalue weighted by Crippen LogP contribution is 2.31. The van der Waals surface area contributed by atoms with E-state index in [2.05, 4.69) is 4.57 Å². The summed E-state index contributed by atoms with van der Waals surface area (Å²) in [5.74, 6) is -0.170. The molecule has 0 aliphatic carbocycles. The number of aromatic nitrogens is 1. The number of hydrogen-bond acceptors (Lipinski definition) is 3. The van der Waals surface area contributed by atoms with Gasteiger partial charge < -0.3 is 9.47 Å². The Hall–Kier alpha value is -2.33. The molecule has 1 saturated heterocycles. The number of carbonyl (C=O) groups is 1. The van der Waals surface area contributed by atoms with Crippen LogP contribution in [-0.4, -0.2) is 54.3 Å². The molecule has 170 valence electrons. The average Bonchev–Trinajstić information content (AvgIpc) is 3.01. The van der Waals surface area contributed by atoms with Gasteiger partial charge in [0.05, 0.1) is 16.0 Å². The smallest absolute Gasteiger partial charge is 0.346 e. The number of halogens is 3. The van der Waals surface area contributed by atoms with Crippen LogP contribution in [-0.2, 0) is 16.2 Å². The van der Waals surface area contributed by atoms with E-state index in [0.29, 0.717) is 11.6 Å². The van der Waals surface area contributed by atoms with Crippen LogP contribution in [0.5, 0.6) is 0 Å². The van der Waals surface area contributed by atoms with Gasteiger partial charge in [0.2, 0.25) is 10.0 Å². The van der Waals surface area contributed by atoms with Crippen molar-refractivity contribution in [3.05, 3.63) is 52.8 Å². The topological polar surface area (TPSA) is 62.6 Å². The number of sulfonamides is 1. The minimum atomic E-state index is -4.63. The van der Waals surface area contributed by atoms with Crippen molar-refractivity contribution in [1.82, 2.24) is 13.8 Å². The lowest BCUT2D eigenvalue weighted by molar-refractivity contribution is -0.137. The van der Waals surface area contributed by atoms with Crippen LogP contribution in [0.4, 0.5) is 13.2 Å². The number of carbonyl (C=O) groups excluding carboxylic acids is 1. The van der Waals surface area contributed by atoms with Gasteiger partial charge >= 0.3 is 6.18 Å². The van der Waals surface area contributed by atoms with Crippen molar-refractivity contribution in [3.63, 3.8) is 0 Å². The van der Waals surface area contributed by atoms with Crippen LogP contribution >= 0.6 is 0 Å². The Labute approximate surface area is 180 Å². The number of aryl methyl sites for hydroxylation is 1. The third-order valence-corrected chi connectivity index (χ3v) is 7.45. The average molecular weight is 458 g/mol. The Bertz CT molecular complexity index is 1080. The van der Waals surface area contributed by atoms with Gasteiger partial charge in [-0.15, -0.1) is 0 Å². The van der Waals surface area contributed by atoms with E-state index in [1.807, 2.05) is 33.8 Å². The Balaban J connectivity index is 1.75. The molecule has 0 saturated carbocycles. The van der Waals surface area contributed by atoms with E-state index in [4.69, 9.17) is 0 Å². The van der Waals surface area contributed by atoms with Gasteiger partial charge in [-0.05, 0) is 52.0 Å². The fourth-order valence-corrected chi connectivity index (χ4v) is 5.54. The second-order valence-electron chi connectivity index (χ2n) is 7.97. The van der Waals surface area contributed by atoms with Crippen molar-refractivity contribution in [3.8, 4) is 0 Å². The predicted molar refractivity (Wildman–Crippen MR) is 110 cm³/mol. The van der Waals surface area contributed by atoms with Crippen molar-refractivity contribution in [2.45, 2.75) is 44.8 Å². The molecule has 1 aliphatic heterocycles. The fraction of sp³-hybridized carbons (Fsp3) is 0.476. The van der Waals surface area contributed by atoms with E-state index in [-0.39, 0.29) is 38.1 Å².